The highest BCUT2D eigenvalue weighted by Crippen LogP contribution is 2.29. The predicted octanol–water partition coefficient (Wildman–Crippen LogP) is 1.94. The highest BCUT2D eigenvalue weighted by molar-refractivity contribution is 5.92. The monoisotopic (exact) mass is 273 g/mol. The summed E-state index contributed by atoms with van der Waals surface area (Å²) in [6.07, 6.45) is 1.30. The zero-order valence-electron chi connectivity index (χ0n) is 11.8. The summed E-state index contributed by atoms with van der Waals surface area (Å²) in [5.74, 6) is 0.351. The minimum absolute atomic E-state index is 0.0640. The van der Waals surface area contributed by atoms with Gasteiger partial charge in [0.25, 0.3) is 0 Å². The second kappa shape index (κ2) is 5.88. The van der Waals surface area contributed by atoms with Crippen LogP contribution >= 0.6 is 0 Å². The van der Waals surface area contributed by atoms with Crippen molar-refractivity contribution in [2.45, 2.75) is 26.8 Å². The van der Waals surface area contributed by atoms with E-state index in [9.17, 15) is 4.79 Å². The Balaban J connectivity index is 2.55. The molecule has 1 heterocycles. The molecule has 0 spiro atoms. The number of nitrogen functional groups attached to an aromatic ring is 1. The first kappa shape index (κ1) is 14.3. The maximum Gasteiger partial charge on any atom is 0.156 e. The number of hydrogen-bond acceptors (Lipinski definition) is 4. The van der Waals surface area contributed by atoms with Crippen LogP contribution in [0, 0.1) is 13.8 Å². The van der Waals surface area contributed by atoms with Crippen LogP contribution in [0.1, 0.15) is 27.9 Å². The van der Waals surface area contributed by atoms with Crippen LogP contribution < -0.4 is 5.73 Å². The molecule has 0 saturated heterocycles. The molecule has 0 radical (unpaired) electrons. The SMILES string of the molecule is Cc1ccc(C)c(-c2nn(CCCO)c(N)c2C=O)c1. The molecule has 0 aliphatic carbocycles. The number of nitrogens with zero attached hydrogens (tertiary/aromatic N) is 2. The zero-order chi connectivity index (χ0) is 14.7. The average molecular weight is 273 g/mol. The molecule has 0 bridgehead atoms. The van der Waals surface area contributed by atoms with Gasteiger partial charge in [0.15, 0.2) is 6.29 Å². The van der Waals surface area contributed by atoms with E-state index in [1.165, 1.54) is 0 Å². The second-order valence-corrected chi connectivity index (χ2v) is 4.88. The Labute approximate surface area is 118 Å². The molecule has 5 nitrogen and oxygen atoms in total. The third kappa shape index (κ3) is 2.58. The van der Waals surface area contributed by atoms with E-state index in [1.807, 2.05) is 32.0 Å². The normalized spacial score (nSPS) is 10.8. The van der Waals surface area contributed by atoms with Crippen LogP contribution in [-0.2, 0) is 6.54 Å². The molecule has 2 aromatic rings. The first-order chi connectivity index (χ1) is 9.58. The van der Waals surface area contributed by atoms with Crippen molar-refractivity contribution in [2.24, 2.45) is 0 Å². The first-order valence-corrected chi connectivity index (χ1v) is 6.58. The number of carbonyl (C=O) groups excluding carboxylic acids is 1. The van der Waals surface area contributed by atoms with Gasteiger partial charge in [-0.2, -0.15) is 5.10 Å². The molecule has 2 rings (SSSR count). The van der Waals surface area contributed by atoms with Gasteiger partial charge in [-0.25, -0.2) is 4.68 Å². The zero-order valence-corrected chi connectivity index (χ0v) is 11.8. The number of aliphatic hydroxyl groups is 1. The topological polar surface area (TPSA) is 81.1 Å². The van der Waals surface area contributed by atoms with Gasteiger partial charge in [-0.05, 0) is 31.9 Å². The molecule has 0 atom stereocenters. The van der Waals surface area contributed by atoms with E-state index in [4.69, 9.17) is 10.8 Å². The molecule has 5 heteroatoms. The number of carbonyl (C=O) groups is 1. The fourth-order valence-corrected chi connectivity index (χ4v) is 2.19. The Bertz CT molecular complexity index is 632. The van der Waals surface area contributed by atoms with E-state index in [-0.39, 0.29) is 6.61 Å². The van der Waals surface area contributed by atoms with Gasteiger partial charge in [-0.3, -0.25) is 4.79 Å². The number of rotatable bonds is 5. The van der Waals surface area contributed by atoms with Crippen LogP contribution in [0.2, 0.25) is 0 Å². The molecule has 0 aliphatic heterocycles. The van der Waals surface area contributed by atoms with Crippen molar-refractivity contribution in [1.29, 1.82) is 0 Å². The number of aromatic nitrogens is 2. The van der Waals surface area contributed by atoms with E-state index >= 15 is 0 Å². The number of anilines is 1. The lowest BCUT2D eigenvalue weighted by Gasteiger charge is -2.05. The van der Waals surface area contributed by atoms with Gasteiger partial charge in [0.05, 0.1) is 5.56 Å². The van der Waals surface area contributed by atoms with Gasteiger partial charge in [0.2, 0.25) is 0 Å². The minimum Gasteiger partial charge on any atom is -0.396 e. The van der Waals surface area contributed by atoms with Gasteiger partial charge in [-0.15, -0.1) is 0 Å². The summed E-state index contributed by atoms with van der Waals surface area (Å²) in [7, 11) is 0. The highest BCUT2D eigenvalue weighted by atomic mass is 16.3. The molecular formula is C15H19N3O2. The van der Waals surface area contributed by atoms with Gasteiger partial charge in [0, 0.05) is 18.7 Å². The molecule has 3 N–H and O–H groups in total. The van der Waals surface area contributed by atoms with Crippen LogP contribution in [0.5, 0.6) is 0 Å². The Kier molecular flexibility index (Phi) is 4.20. The maximum atomic E-state index is 11.3. The van der Waals surface area contributed by atoms with E-state index in [0.717, 1.165) is 23.0 Å². The van der Waals surface area contributed by atoms with Crippen molar-refractivity contribution in [3.05, 3.63) is 34.9 Å². The number of aliphatic hydroxyl groups excluding tert-OH is 1. The summed E-state index contributed by atoms with van der Waals surface area (Å²) in [5, 5.41) is 13.3. The lowest BCUT2D eigenvalue weighted by molar-refractivity contribution is 0.112. The molecule has 106 valence electrons. The second-order valence-electron chi connectivity index (χ2n) is 4.88. The third-order valence-corrected chi connectivity index (χ3v) is 3.32. The Hall–Kier alpha value is -2.14. The third-order valence-electron chi connectivity index (χ3n) is 3.32. The Morgan fingerprint density at radius 3 is 2.80 bits per heavy atom. The lowest BCUT2D eigenvalue weighted by Crippen LogP contribution is -2.06. The fourth-order valence-electron chi connectivity index (χ4n) is 2.19. The number of aryl methyl sites for hydroxylation is 3. The molecule has 0 aliphatic rings. The van der Waals surface area contributed by atoms with Gasteiger partial charge in [0.1, 0.15) is 11.5 Å². The number of benzene rings is 1. The summed E-state index contributed by atoms with van der Waals surface area (Å²) in [6.45, 7) is 4.53. The molecule has 0 amide bonds. The summed E-state index contributed by atoms with van der Waals surface area (Å²) >= 11 is 0. The predicted molar refractivity (Wildman–Crippen MR) is 78.6 cm³/mol. The molecule has 0 saturated carbocycles. The van der Waals surface area contributed by atoms with Crippen molar-refractivity contribution in [3.8, 4) is 11.3 Å². The first-order valence-electron chi connectivity index (χ1n) is 6.58. The van der Waals surface area contributed by atoms with Crippen molar-refractivity contribution >= 4 is 12.1 Å². The van der Waals surface area contributed by atoms with E-state index in [1.54, 1.807) is 4.68 Å². The van der Waals surface area contributed by atoms with Crippen LogP contribution in [0.25, 0.3) is 11.3 Å². The smallest absolute Gasteiger partial charge is 0.156 e. The van der Waals surface area contributed by atoms with Crippen molar-refractivity contribution < 1.29 is 9.90 Å². The van der Waals surface area contributed by atoms with Crippen molar-refractivity contribution in [3.63, 3.8) is 0 Å². The standard InChI is InChI=1S/C15H19N3O2/c1-10-4-5-11(2)12(8-10)14-13(9-20)15(16)18(17-14)6-3-7-19/h4-5,8-9,19H,3,6-7,16H2,1-2H3. The average Bonchev–Trinajstić information content (AvgIpc) is 2.75. The molecule has 0 unspecified atom stereocenters. The van der Waals surface area contributed by atoms with Crippen molar-refractivity contribution in [1.82, 2.24) is 9.78 Å². The Morgan fingerprint density at radius 1 is 1.40 bits per heavy atom. The molecule has 1 aromatic carbocycles. The summed E-state index contributed by atoms with van der Waals surface area (Å²) in [5.41, 5.74) is 10.1. The Morgan fingerprint density at radius 2 is 2.15 bits per heavy atom. The molecule has 0 fully saturated rings. The number of aldehydes is 1. The molecular weight excluding hydrogens is 254 g/mol. The van der Waals surface area contributed by atoms with Crippen LogP contribution in [0.3, 0.4) is 0 Å². The van der Waals surface area contributed by atoms with Gasteiger partial charge in [-0.1, -0.05) is 17.7 Å². The van der Waals surface area contributed by atoms with E-state index < -0.39 is 0 Å². The van der Waals surface area contributed by atoms with Crippen LogP contribution in [0.15, 0.2) is 18.2 Å². The maximum absolute atomic E-state index is 11.3. The number of nitrogens with two attached hydrogens (primary N) is 1. The van der Waals surface area contributed by atoms with Gasteiger partial charge < -0.3 is 10.8 Å². The van der Waals surface area contributed by atoms with Crippen molar-refractivity contribution in [2.75, 3.05) is 12.3 Å². The fraction of sp³-hybridized carbons (Fsp3) is 0.333. The highest BCUT2D eigenvalue weighted by Gasteiger charge is 2.17. The summed E-state index contributed by atoms with van der Waals surface area (Å²) in [6, 6.07) is 6.02. The van der Waals surface area contributed by atoms with E-state index in [2.05, 4.69) is 5.10 Å². The quantitative estimate of drug-likeness (QED) is 0.816. The number of hydrogen-bond donors (Lipinski definition) is 2. The molecule has 20 heavy (non-hydrogen) atoms. The van der Waals surface area contributed by atoms with Gasteiger partial charge >= 0.3 is 0 Å². The summed E-state index contributed by atoms with van der Waals surface area (Å²) < 4.78 is 1.58. The summed E-state index contributed by atoms with van der Waals surface area (Å²) in [4.78, 5) is 11.3. The molecule has 1 aromatic heterocycles. The lowest BCUT2D eigenvalue weighted by atomic mass is 10.0. The van der Waals surface area contributed by atoms with E-state index in [0.29, 0.717) is 30.0 Å². The van der Waals surface area contributed by atoms with Crippen LogP contribution in [0.4, 0.5) is 5.82 Å². The minimum atomic E-state index is 0.0640. The largest absolute Gasteiger partial charge is 0.396 e. The van der Waals surface area contributed by atoms with Crippen LogP contribution in [-0.4, -0.2) is 27.8 Å².